The summed E-state index contributed by atoms with van der Waals surface area (Å²) in [5, 5.41) is 16.6. The molecule has 1 aliphatic rings. The molecule has 1 aliphatic heterocycles. The van der Waals surface area contributed by atoms with Crippen LogP contribution in [0.5, 0.6) is 0 Å². The highest BCUT2D eigenvalue weighted by Crippen LogP contribution is 2.35. The molecule has 7 heteroatoms. The van der Waals surface area contributed by atoms with E-state index in [1.165, 1.54) is 5.56 Å². The van der Waals surface area contributed by atoms with Crippen LogP contribution < -0.4 is 10.6 Å². The first kappa shape index (κ1) is 20.8. The van der Waals surface area contributed by atoms with Gasteiger partial charge in [-0.1, -0.05) is 6.07 Å². The molecule has 1 aromatic carbocycles. The molecule has 0 radical (unpaired) electrons. The summed E-state index contributed by atoms with van der Waals surface area (Å²) in [6, 6.07) is 8.78. The van der Waals surface area contributed by atoms with Crippen LogP contribution in [0.25, 0.3) is 11.0 Å². The fourth-order valence-corrected chi connectivity index (χ4v) is 4.03. The third kappa shape index (κ3) is 3.98. The van der Waals surface area contributed by atoms with Gasteiger partial charge in [0.2, 0.25) is 0 Å². The number of carbonyl (C=O) groups excluding carboxylic acids is 1. The van der Waals surface area contributed by atoms with Crippen molar-refractivity contribution in [2.45, 2.75) is 25.7 Å². The van der Waals surface area contributed by atoms with Gasteiger partial charge in [-0.25, -0.2) is 4.98 Å². The second-order valence-electron chi connectivity index (χ2n) is 7.36. The van der Waals surface area contributed by atoms with Gasteiger partial charge in [0.25, 0.3) is 5.91 Å². The maximum absolute atomic E-state index is 12.7. The van der Waals surface area contributed by atoms with E-state index < -0.39 is 0 Å². The Hall–Kier alpha value is -2.88. The second kappa shape index (κ2) is 8.64. The number of nitrogens with one attached hydrogen (secondary N) is 2. The zero-order chi connectivity index (χ0) is 19.7. The number of pyridine rings is 1. The lowest BCUT2D eigenvalue weighted by Gasteiger charge is -2.22. The number of carbonyl (C=O) groups is 1. The molecule has 1 saturated heterocycles. The fourth-order valence-electron chi connectivity index (χ4n) is 4.03. The minimum atomic E-state index is -0.235. The van der Waals surface area contributed by atoms with Gasteiger partial charge in [-0.15, -0.1) is 12.4 Å². The summed E-state index contributed by atoms with van der Waals surface area (Å²) in [4.78, 5) is 17.3. The Morgan fingerprint density at radius 2 is 2.10 bits per heavy atom. The lowest BCUT2D eigenvalue weighted by Crippen LogP contribution is -2.26. The van der Waals surface area contributed by atoms with E-state index in [2.05, 4.69) is 32.5 Å². The van der Waals surface area contributed by atoms with Gasteiger partial charge in [0.15, 0.2) is 0 Å². The Kier molecular flexibility index (Phi) is 6.21. The van der Waals surface area contributed by atoms with Crippen molar-refractivity contribution in [2.24, 2.45) is 7.05 Å². The first-order valence-electron chi connectivity index (χ1n) is 9.55. The molecule has 0 atom stereocenters. The molecule has 3 aromatic rings. The third-order valence-corrected chi connectivity index (χ3v) is 5.56. The maximum atomic E-state index is 12.7. The van der Waals surface area contributed by atoms with Gasteiger partial charge in [0.1, 0.15) is 5.65 Å². The van der Waals surface area contributed by atoms with Crippen LogP contribution in [0.3, 0.4) is 0 Å². The molecule has 2 N–H and O–H groups in total. The molecular formula is C22H24ClN5O. The van der Waals surface area contributed by atoms with Gasteiger partial charge in [-0.3, -0.25) is 4.79 Å². The molecule has 0 aliphatic carbocycles. The quantitative estimate of drug-likeness (QED) is 0.687. The van der Waals surface area contributed by atoms with Gasteiger partial charge >= 0.3 is 0 Å². The lowest BCUT2D eigenvalue weighted by atomic mass is 9.89. The predicted octanol–water partition coefficient (Wildman–Crippen LogP) is 3.89. The van der Waals surface area contributed by atoms with E-state index in [1.807, 2.05) is 14.0 Å². The minimum Gasteiger partial charge on any atom is -0.335 e. The second-order valence-corrected chi connectivity index (χ2v) is 7.36. The minimum absolute atomic E-state index is 0. The van der Waals surface area contributed by atoms with Crippen LogP contribution in [-0.2, 0) is 7.05 Å². The van der Waals surface area contributed by atoms with Gasteiger partial charge in [-0.2, -0.15) is 5.26 Å². The normalized spacial score (nSPS) is 14.2. The van der Waals surface area contributed by atoms with Crippen LogP contribution in [0, 0.1) is 18.3 Å². The summed E-state index contributed by atoms with van der Waals surface area (Å²) < 4.78 is 2.07. The Labute approximate surface area is 176 Å². The summed E-state index contributed by atoms with van der Waals surface area (Å²) in [6.45, 7) is 4.09. The van der Waals surface area contributed by atoms with Crippen molar-refractivity contribution in [2.75, 3.05) is 18.4 Å². The number of fused-ring (bicyclic) bond motifs is 1. The molecule has 1 fully saturated rings. The third-order valence-electron chi connectivity index (χ3n) is 5.56. The summed E-state index contributed by atoms with van der Waals surface area (Å²) in [5.74, 6) is 0.268. The summed E-state index contributed by atoms with van der Waals surface area (Å²) in [7, 11) is 2.02. The van der Waals surface area contributed by atoms with Crippen LogP contribution in [-0.4, -0.2) is 28.5 Å². The van der Waals surface area contributed by atoms with Crippen molar-refractivity contribution in [1.29, 1.82) is 5.26 Å². The first-order chi connectivity index (χ1) is 13.6. The number of hydrogen-bond acceptors (Lipinski definition) is 4. The molecule has 1 amide bonds. The Morgan fingerprint density at radius 1 is 1.34 bits per heavy atom. The first-order valence-corrected chi connectivity index (χ1v) is 9.55. The number of amides is 1. The molecule has 0 bridgehead atoms. The Balaban J connectivity index is 0.00000240. The van der Waals surface area contributed by atoms with Gasteiger partial charge < -0.3 is 15.2 Å². The Bertz CT molecular complexity index is 1090. The van der Waals surface area contributed by atoms with Gasteiger partial charge in [0, 0.05) is 24.2 Å². The topological polar surface area (TPSA) is 82.7 Å². The molecule has 4 rings (SSSR count). The van der Waals surface area contributed by atoms with E-state index in [0.29, 0.717) is 22.7 Å². The number of rotatable bonds is 3. The Morgan fingerprint density at radius 3 is 2.83 bits per heavy atom. The molecule has 0 saturated carbocycles. The van der Waals surface area contributed by atoms with E-state index in [-0.39, 0.29) is 18.3 Å². The van der Waals surface area contributed by atoms with Crippen molar-refractivity contribution in [3.63, 3.8) is 0 Å². The molecular weight excluding hydrogens is 386 g/mol. The zero-order valence-electron chi connectivity index (χ0n) is 16.5. The highest BCUT2D eigenvalue weighted by Gasteiger charge is 2.22. The van der Waals surface area contributed by atoms with Crippen LogP contribution in [0.15, 0.2) is 36.7 Å². The molecule has 29 heavy (non-hydrogen) atoms. The SMILES string of the molecule is Cc1c(NC(=O)c2cccc(C#N)c2)cnc2c1c(C1CCNCC1)cn2C.Cl. The van der Waals surface area contributed by atoms with Crippen LogP contribution in [0.2, 0.25) is 0 Å². The fraction of sp³-hybridized carbons (Fsp3) is 0.318. The average molecular weight is 410 g/mol. The highest BCUT2D eigenvalue weighted by molar-refractivity contribution is 6.06. The van der Waals surface area contributed by atoms with Crippen molar-refractivity contribution < 1.29 is 4.79 Å². The standard InChI is InChI=1S/C22H23N5O.ClH/c1-14-19(26-22(28)17-5-3-4-15(10-17)11-23)12-25-21-20(14)18(13-27(21)2)16-6-8-24-9-7-16;/h3-5,10,12-13,16,24H,6-9H2,1-2H3,(H,26,28);1H. The molecule has 2 aromatic heterocycles. The number of halogens is 1. The van der Waals surface area contributed by atoms with Gasteiger partial charge in [-0.05, 0) is 68.1 Å². The molecule has 6 nitrogen and oxygen atoms in total. The monoisotopic (exact) mass is 409 g/mol. The van der Waals surface area contributed by atoms with Crippen molar-refractivity contribution in [3.8, 4) is 6.07 Å². The smallest absolute Gasteiger partial charge is 0.255 e. The average Bonchev–Trinajstić information content (AvgIpc) is 3.08. The molecule has 3 heterocycles. The van der Waals surface area contributed by atoms with Gasteiger partial charge in [0.05, 0.1) is 23.5 Å². The number of nitrogens with zero attached hydrogens (tertiary/aromatic N) is 3. The van der Waals surface area contributed by atoms with E-state index >= 15 is 0 Å². The van der Waals surface area contributed by atoms with E-state index in [9.17, 15) is 4.79 Å². The van der Waals surface area contributed by atoms with Crippen molar-refractivity contribution in [1.82, 2.24) is 14.9 Å². The number of benzene rings is 1. The maximum Gasteiger partial charge on any atom is 0.255 e. The summed E-state index contributed by atoms with van der Waals surface area (Å²) >= 11 is 0. The molecule has 150 valence electrons. The number of piperidine rings is 1. The van der Waals surface area contributed by atoms with E-state index in [1.54, 1.807) is 30.5 Å². The van der Waals surface area contributed by atoms with Crippen molar-refractivity contribution >= 4 is 35.0 Å². The number of aryl methyl sites for hydroxylation is 2. The lowest BCUT2D eigenvalue weighted by molar-refractivity contribution is 0.102. The highest BCUT2D eigenvalue weighted by atomic mass is 35.5. The number of hydrogen-bond donors (Lipinski definition) is 2. The summed E-state index contributed by atoms with van der Waals surface area (Å²) in [5.41, 5.74) is 4.92. The number of nitriles is 1. The predicted molar refractivity (Wildman–Crippen MR) is 117 cm³/mol. The van der Waals surface area contributed by atoms with Crippen molar-refractivity contribution in [3.05, 3.63) is 58.9 Å². The van der Waals surface area contributed by atoms with E-state index in [4.69, 9.17) is 5.26 Å². The van der Waals surface area contributed by atoms with Crippen LogP contribution in [0.4, 0.5) is 5.69 Å². The van der Waals surface area contributed by atoms with Crippen LogP contribution >= 0.6 is 12.4 Å². The zero-order valence-corrected chi connectivity index (χ0v) is 17.3. The number of anilines is 1. The van der Waals surface area contributed by atoms with E-state index in [0.717, 1.165) is 42.5 Å². The number of aromatic nitrogens is 2. The molecule has 0 spiro atoms. The summed E-state index contributed by atoms with van der Waals surface area (Å²) in [6.07, 6.45) is 6.12. The van der Waals surface area contributed by atoms with Crippen LogP contribution in [0.1, 0.15) is 45.8 Å². The largest absolute Gasteiger partial charge is 0.335 e. The molecule has 0 unspecified atom stereocenters.